The molecule has 0 amide bonds. The van der Waals surface area contributed by atoms with Crippen LogP contribution in [0, 0.1) is 0 Å². The molecule has 2 N–H and O–H groups in total. The molecule has 7 heteroatoms. The van der Waals surface area contributed by atoms with Crippen molar-refractivity contribution in [2.75, 3.05) is 32.9 Å². The Balaban J connectivity index is 2.93. The Hall–Kier alpha value is -1.41. The van der Waals surface area contributed by atoms with Crippen LogP contribution in [-0.2, 0) is 10.0 Å². The molecule has 112 valence electrons. The van der Waals surface area contributed by atoms with Crippen LogP contribution < -0.4 is 4.74 Å². The van der Waals surface area contributed by atoms with Gasteiger partial charge in [0, 0.05) is 13.1 Å². The lowest BCUT2D eigenvalue weighted by Gasteiger charge is -2.19. The van der Waals surface area contributed by atoms with E-state index in [2.05, 4.69) is 6.58 Å². The highest BCUT2D eigenvalue weighted by atomic mass is 32.2. The van der Waals surface area contributed by atoms with Crippen LogP contribution >= 0.6 is 0 Å². The van der Waals surface area contributed by atoms with Crippen LogP contribution in [0.5, 0.6) is 5.75 Å². The normalized spacial score (nSPS) is 11.6. The number of hydrogen-bond acceptors (Lipinski definition) is 5. The molecule has 0 atom stereocenters. The number of benzene rings is 1. The van der Waals surface area contributed by atoms with Crippen LogP contribution in [0.2, 0.25) is 0 Å². The number of sulfonamides is 1. The van der Waals surface area contributed by atoms with Gasteiger partial charge in [0.2, 0.25) is 10.0 Å². The maximum absolute atomic E-state index is 12.3. The number of rotatable bonds is 9. The molecule has 6 nitrogen and oxygen atoms in total. The molecule has 0 heterocycles. The van der Waals surface area contributed by atoms with Crippen LogP contribution in [-0.4, -0.2) is 55.8 Å². The van der Waals surface area contributed by atoms with Crippen LogP contribution in [0.4, 0.5) is 0 Å². The fraction of sp³-hybridized carbons (Fsp3) is 0.385. The first-order valence-electron chi connectivity index (χ1n) is 6.12. The van der Waals surface area contributed by atoms with E-state index >= 15 is 0 Å². The fourth-order valence-electron chi connectivity index (χ4n) is 1.59. The Morgan fingerprint density at radius 1 is 1.20 bits per heavy atom. The summed E-state index contributed by atoms with van der Waals surface area (Å²) >= 11 is 0. The lowest BCUT2D eigenvalue weighted by Crippen LogP contribution is -2.33. The van der Waals surface area contributed by atoms with Crippen LogP contribution in [0.25, 0.3) is 0 Å². The summed E-state index contributed by atoms with van der Waals surface area (Å²) in [6.07, 6.45) is 1.46. The van der Waals surface area contributed by atoms with E-state index in [9.17, 15) is 8.42 Å². The molecule has 20 heavy (non-hydrogen) atoms. The summed E-state index contributed by atoms with van der Waals surface area (Å²) in [6, 6.07) is 5.90. The first-order chi connectivity index (χ1) is 9.56. The lowest BCUT2D eigenvalue weighted by atomic mass is 10.3. The van der Waals surface area contributed by atoms with E-state index in [4.69, 9.17) is 14.9 Å². The Bertz CT molecular complexity index is 512. The van der Waals surface area contributed by atoms with E-state index in [1.165, 1.54) is 30.3 Å². The molecule has 0 aliphatic rings. The van der Waals surface area contributed by atoms with Crippen molar-refractivity contribution in [2.45, 2.75) is 4.90 Å². The highest BCUT2D eigenvalue weighted by Crippen LogP contribution is 2.19. The third-order valence-electron chi connectivity index (χ3n) is 2.50. The first kappa shape index (κ1) is 16.6. The van der Waals surface area contributed by atoms with Gasteiger partial charge in [-0.1, -0.05) is 6.08 Å². The molecule has 0 aliphatic heterocycles. The summed E-state index contributed by atoms with van der Waals surface area (Å²) in [6.45, 7) is 3.43. The third-order valence-corrected chi connectivity index (χ3v) is 4.38. The van der Waals surface area contributed by atoms with Gasteiger partial charge in [-0.05, 0) is 24.3 Å². The van der Waals surface area contributed by atoms with Gasteiger partial charge in [-0.2, -0.15) is 4.31 Å². The minimum absolute atomic E-state index is 0.0110. The molecule has 0 saturated heterocycles. The van der Waals surface area contributed by atoms with Gasteiger partial charge < -0.3 is 14.9 Å². The average Bonchev–Trinajstić information content (AvgIpc) is 2.45. The van der Waals surface area contributed by atoms with E-state index in [1.54, 1.807) is 0 Å². The smallest absolute Gasteiger partial charge is 0.243 e. The molecule has 1 aromatic carbocycles. The standard InChI is InChI=1S/C13H19NO5S/c1-2-7-14(8-9-15)20(17,18)13-5-3-12(4-6-13)19-11-10-16/h2-6,15-16H,1,7-11H2. The zero-order chi connectivity index (χ0) is 15.0. The third kappa shape index (κ3) is 4.31. The van der Waals surface area contributed by atoms with Gasteiger partial charge in [0.25, 0.3) is 0 Å². The number of hydrogen-bond donors (Lipinski definition) is 2. The topological polar surface area (TPSA) is 87.1 Å². The lowest BCUT2D eigenvalue weighted by molar-refractivity contribution is 0.201. The molecule has 0 aromatic heterocycles. The maximum Gasteiger partial charge on any atom is 0.243 e. The molecular weight excluding hydrogens is 282 g/mol. The summed E-state index contributed by atoms with van der Waals surface area (Å²) in [5.41, 5.74) is 0. The summed E-state index contributed by atoms with van der Waals surface area (Å²) in [7, 11) is -3.67. The Labute approximate surface area is 119 Å². The highest BCUT2D eigenvalue weighted by molar-refractivity contribution is 7.89. The molecule has 0 radical (unpaired) electrons. The maximum atomic E-state index is 12.3. The van der Waals surface area contributed by atoms with E-state index in [-0.39, 0.29) is 37.8 Å². The zero-order valence-electron chi connectivity index (χ0n) is 11.1. The monoisotopic (exact) mass is 301 g/mol. The molecule has 1 aromatic rings. The zero-order valence-corrected chi connectivity index (χ0v) is 11.9. The minimum Gasteiger partial charge on any atom is -0.491 e. The molecule has 0 unspecified atom stereocenters. The molecule has 1 rings (SSSR count). The number of aliphatic hydroxyl groups is 2. The van der Waals surface area contributed by atoms with E-state index in [0.717, 1.165) is 4.31 Å². The van der Waals surface area contributed by atoms with Crippen molar-refractivity contribution in [2.24, 2.45) is 0 Å². The Morgan fingerprint density at radius 3 is 2.35 bits per heavy atom. The van der Waals surface area contributed by atoms with Crippen molar-refractivity contribution in [3.05, 3.63) is 36.9 Å². The molecule has 0 bridgehead atoms. The van der Waals surface area contributed by atoms with Gasteiger partial charge in [0.05, 0.1) is 18.1 Å². The van der Waals surface area contributed by atoms with Gasteiger partial charge in [0.15, 0.2) is 0 Å². The summed E-state index contributed by atoms with van der Waals surface area (Å²) in [5.74, 6) is 0.482. The largest absolute Gasteiger partial charge is 0.491 e. The molecule has 0 spiro atoms. The van der Waals surface area contributed by atoms with E-state index in [1.807, 2.05) is 0 Å². The second-order valence-electron chi connectivity index (χ2n) is 3.92. The van der Waals surface area contributed by atoms with Gasteiger partial charge in [0.1, 0.15) is 12.4 Å². The number of aliphatic hydroxyl groups excluding tert-OH is 2. The summed E-state index contributed by atoms with van der Waals surface area (Å²) in [4.78, 5) is 0.115. The van der Waals surface area contributed by atoms with Crippen LogP contribution in [0.3, 0.4) is 0 Å². The van der Waals surface area contributed by atoms with Gasteiger partial charge in [-0.25, -0.2) is 8.42 Å². The first-order valence-corrected chi connectivity index (χ1v) is 7.56. The quantitative estimate of drug-likeness (QED) is 0.637. The molecule has 0 saturated carbocycles. The van der Waals surface area contributed by atoms with Crippen LogP contribution in [0.1, 0.15) is 0 Å². The van der Waals surface area contributed by atoms with Crippen molar-refractivity contribution in [3.8, 4) is 5.75 Å². The predicted molar refractivity (Wildman–Crippen MR) is 75.1 cm³/mol. The van der Waals surface area contributed by atoms with Crippen molar-refractivity contribution < 1.29 is 23.4 Å². The minimum atomic E-state index is -3.67. The van der Waals surface area contributed by atoms with Gasteiger partial charge in [-0.3, -0.25) is 0 Å². The molecule has 0 aliphatic carbocycles. The van der Waals surface area contributed by atoms with Gasteiger partial charge >= 0.3 is 0 Å². The predicted octanol–water partition coefficient (Wildman–Crippen LogP) is 0.227. The van der Waals surface area contributed by atoms with Crippen molar-refractivity contribution >= 4 is 10.0 Å². The number of ether oxygens (including phenoxy) is 1. The fourth-order valence-corrected chi connectivity index (χ4v) is 2.99. The van der Waals surface area contributed by atoms with Gasteiger partial charge in [-0.15, -0.1) is 6.58 Å². The average molecular weight is 301 g/mol. The Morgan fingerprint density at radius 2 is 1.85 bits per heavy atom. The highest BCUT2D eigenvalue weighted by Gasteiger charge is 2.22. The molecular formula is C13H19NO5S. The van der Waals surface area contributed by atoms with E-state index in [0.29, 0.717) is 5.75 Å². The van der Waals surface area contributed by atoms with Crippen LogP contribution in [0.15, 0.2) is 41.8 Å². The molecule has 0 fully saturated rings. The summed E-state index contributed by atoms with van der Waals surface area (Å²) < 4.78 is 31.0. The van der Waals surface area contributed by atoms with E-state index < -0.39 is 10.0 Å². The second kappa shape index (κ2) is 8.01. The Kier molecular flexibility index (Phi) is 6.66. The van der Waals surface area contributed by atoms with Crippen molar-refractivity contribution in [1.82, 2.24) is 4.31 Å². The SMILES string of the molecule is C=CCN(CCO)S(=O)(=O)c1ccc(OCCO)cc1. The van der Waals surface area contributed by atoms with Crippen molar-refractivity contribution in [3.63, 3.8) is 0 Å². The summed E-state index contributed by atoms with van der Waals surface area (Å²) in [5, 5.41) is 17.6. The second-order valence-corrected chi connectivity index (χ2v) is 5.86. The number of nitrogens with zero attached hydrogens (tertiary/aromatic N) is 1. The van der Waals surface area contributed by atoms with Crippen molar-refractivity contribution in [1.29, 1.82) is 0 Å².